The van der Waals surface area contributed by atoms with Crippen LogP contribution in [0.1, 0.15) is 77.0 Å². The van der Waals surface area contributed by atoms with Crippen molar-refractivity contribution in [3.05, 3.63) is 36.5 Å². The van der Waals surface area contributed by atoms with Gasteiger partial charge in [0.15, 0.2) is 0 Å². The van der Waals surface area contributed by atoms with Gasteiger partial charge in [-0.3, -0.25) is 0 Å². The van der Waals surface area contributed by atoms with E-state index < -0.39 is 0 Å². The van der Waals surface area contributed by atoms with Gasteiger partial charge in [0.25, 0.3) is 0 Å². The molecule has 18 heavy (non-hydrogen) atoms. The highest BCUT2D eigenvalue weighted by Gasteiger charge is 1.92. The third-order valence-electron chi connectivity index (χ3n) is 3.60. The molecule has 0 saturated carbocycles. The normalized spacial score (nSPS) is 24.9. The van der Waals surface area contributed by atoms with Crippen molar-refractivity contribution in [2.75, 3.05) is 0 Å². The van der Waals surface area contributed by atoms with Crippen molar-refractivity contribution < 1.29 is 0 Å². The molecular formula is C18H30. The standard InChI is InChI=1S/C18H30/c1-2-4-6-8-10-12-14-16-18-17-15-13-11-9-7-5-3-1/h1-6H,7-18H2/b2-1-,5-3+,6-4?. The monoisotopic (exact) mass is 246 g/mol. The van der Waals surface area contributed by atoms with Crippen molar-refractivity contribution in [3.8, 4) is 0 Å². The lowest BCUT2D eigenvalue weighted by Gasteiger charge is -2.02. The van der Waals surface area contributed by atoms with Crippen LogP contribution in [0.3, 0.4) is 0 Å². The molecule has 0 aromatic rings. The molecule has 0 heteroatoms. The molecule has 0 spiro atoms. The van der Waals surface area contributed by atoms with Gasteiger partial charge in [0.05, 0.1) is 0 Å². The summed E-state index contributed by atoms with van der Waals surface area (Å²) < 4.78 is 0. The zero-order chi connectivity index (χ0) is 12.7. The van der Waals surface area contributed by atoms with E-state index in [0.29, 0.717) is 0 Å². The van der Waals surface area contributed by atoms with Crippen LogP contribution in [0.2, 0.25) is 0 Å². The zero-order valence-corrected chi connectivity index (χ0v) is 11.9. The third kappa shape index (κ3) is 10.4. The molecule has 1 aliphatic rings. The molecule has 0 saturated heterocycles. The van der Waals surface area contributed by atoms with E-state index in [1.165, 1.54) is 77.0 Å². The SMILES string of the molecule is C1=CCCCCCCCCCCCC/C=C/C=C\1. The summed E-state index contributed by atoms with van der Waals surface area (Å²) in [5, 5.41) is 0. The summed E-state index contributed by atoms with van der Waals surface area (Å²) in [4.78, 5) is 0. The number of hydrogen-bond donors (Lipinski definition) is 0. The Kier molecular flexibility index (Phi) is 10.8. The molecule has 102 valence electrons. The largest absolute Gasteiger partial charge is 0.0845 e. The highest BCUT2D eigenvalue weighted by molar-refractivity contribution is 5.10. The van der Waals surface area contributed by atoms with E-state index in [1.54, 1.807) is 0 Å². The lowest BCUT2D eigenvalue weighted by molar-refractivity contribution is 0.553. The first-order chi connectivity index (χ1) is 9.00. The van der Waals surface area contributed by atoms with Gasteiger partial charge in [-0.25, -0.2) is 0 Å². The molecule has 0 aromatic carbocycles. The summed E-state index contributed by atoms with van der Waals surface area (Å²) in [6.45, 7) is 0. The molecule has 0 bridgehead atoms. The van der Waals surface area contributed by atoms with Crippen LogP contribution < -0.4 is 0 Å². The van der Waals surface area contributed by atoms with E-state index in [1.807, 2.05) is 0 Å². The van der Waals surface area contributed by atoms with Crippen molar-refractivity contribution in [1.29, 1.82) is 0 Å². The van der Waals surface area contributed by atoms with E-state index in [0.717, 1.165) is 0 Å². The van der Waals surface area contributed by atoms with Crippen LogP contribution in [-0.4, -0.2) is 0 Å². The van der Waals surface area contributed by atoms with Crippen LogP contribution in [-0.2, 0) is 0 Å². The molecule has 0 unspecified atom stereocenters. The Morgan fingerprint density at radius 2 is 0.667 bits per heavy atom. The Morgan fingerprint density at radius 1 is 0.333 bits per heavy atom. The van der Waals surface area contributed by atoms with Gasteiger partial charge in [-0.1, -0.05) is 87.8 Å². The number of allylic oxidation sites excluding steroid dienone is 6. The maximum Gasteiger partial charge on any atom is -0.0348 e. The van der Waals surface area contributed by atoms with Crippen LogP contribution in [0, 0.1) is 0 Å². The fraction of sp³-hybridized carbons (Fsp3) is 0.667. The molecule has 0 N–H and O–H groups in total. The van der Waals surface area contributed by atoms with Gasteiger partial charge in [-0.15, -0.1) is 0 Å². The van der Waals surface area contributed by atoms with Crippen LogP contribution in [0.4, 0.5) is 0 Å². The summed E-state index contributed by atoms with van der Waals surface area (Å²) in [7, 11) is 0. The average Bonchev–Trinajstić information content (AvgIpc) is 2.39. The lowest BCUT2D eigenvalue weighted by Crippen LogP contribution is -1.82. The summed E-state index contributed by atoms with van der Waals surface area (Å²) in [6.07, 6.45) is 30.0. The predicted molar refractivity (Wildman–Crippen MR) is 82.8 cm³/mol. The fourth-order valence-corrected chi connectivity index (χ4v) is 2.42. The van der Waals surface area contributed by atoms with Crippen molar-refractivity contribution >= 4 is 0 Å². The average molecular weight is 246 g/mol. The van der Waals surface area contributed by atoms with Gasteiger partial charge in [-0.2, -0.15) is 0 Å². The van der Waals surface area contributed by atoms with Gasteiger partial charge in [0.1, 0.15) is 0 Å². The Balaban J connectivity index is 2.20. The minimum atomic E-state index is 1.24. The van der Waals surface area contributed by atoms with Crippen LogP contribution in [0.25, 0.3) is 0 Å². The predicted octanol–water partition coefficient (Wildman–Crippen LogP) is 6.35. The molecule has 0 atom stereocenters. The van der Waals surface area contributed by atoms with Crippen LogP contribution in [0.5, 0.6) is 0 Å². The summed E-state index contributed by atoms with van der Waals surface area (Å²) in [5.74, 6) is 0. The minimum Gasteiger partial charge on any atom is -0.0845 e. The molecule has 0 fully saturated rings. The molecule has 0 aromatic heterocycles. The van der Waals surface area contributed by atoms with Crippen LogP contribution >= 0.6 is 0 Å². The highest BCUT2D eigenvalue weighted by Crippen LogP contribution is 2.12. The second-order valence-corrected chi connectivity index (χ2v) is 5.35. The summed E-state index contributed by atoms with van der Waals surface area (Å²) in [6, 6.07) is 0. The second-order valence-electron chi connectivity index (χ2n) is 5.35. The van der Waals surface area contributed by atoms with Gasteiger partial charge in [0, 0.05) is 0 Å². The molecule has 1 aliphatic carbocycles. The highest BCUT2D eigenvalue weighted by atomic mass is 14.0. The van der Waals surface area contributed by atoms with Gasteiger partial charge in [-0.05, 0) is 25.7 Å². The van der Waals surface area contributed by atoms with E-state index in [9.17, 15) is 0 Å². The zero-order valence-electron chi connectivity index (χ0n) is 11.9. The first-order valence-electron chi connectivity index (χ1n) is 7.98. The molecule has 0 aliphatic heterocycles. The lowest BCUT2D eigenvalue weighted by atomic mass is 10.0. The van der Waals surface area contributed by atoms with E-state index in [2.05, 4.69) is 36.5 Å². The Morgan fingerprint density at radius 3 is 1.06 bits per heavy atom. The summed E-state index contributed by atoms with van der Waals surface area (Å²) >= 11 is 0. The quantitative estimate of drug-likeness (QED) is 0.467. The van der Waals surface area contributed by atoms with Crippen molar-refractivity contribution in [2.24, 2.45) is 0 Å². The van der Waals surface area contributed by atoms with Gasteiger partial charge < -0.3 is 0 Å². The smallest absolute Gasteiger partial charge is 0.0348 e. The first kappa shape index (κ1) is 15.3. The Hall–Kier alpha value is -0.780. The molecule has 0 nitrogen and oxygen atoms in total. The first-order valence-corrected chi connectivity index (χ1v) is 7.98. The van der Waals surface area contributed by atoms with Crippen molar-refractivity contribution in [2.45, 2.75) is 77.0 Å². The van der Waals surface area contributed by atoms with E-state index in [4.69, 9.17) is 0 Å². The molecule has 1 rings (SSSR count). The number of hydrogen-bond acceptors (Lipinski definition) is 0. The second kappa shape index (κ2) is 12.7. The van der Waals surface area contributed by atoms with Crippen molar-refractivity contribution in [3.63, 3.8) is 0 Å². The Bertz CT molecular complexity index is 219. The minimum absolute atomic E-state index is 1.24. The number of rotatable bonds is 0. The molecule has 0 radical (unpaired) electrons. The summed E-state index contributed by atoms with van der Waals surface area (Å²) in [5.41, 5.74) is 0. The fourth-order valence-electron chi connectivity index (χ4n) is 2.42. The van der Waals surface area contributed by atoms with E-state index in [-0.39, 0.29) is 0 Å². The van der Waals surface area contributed by atoms with E-state index >= 15 is 0 Å². The van der Waals surface area contributed by atoms with Gasteiger partial charge in [0.2, 0.25) is 0 Å². The third-order valence-corrected chi connectivity index (χ3v) is 3.60. The van der Waals surface area contributed by atoms with Gasteiger partial charge >= 0.3 is 0 Å². The maximum atomic E-state index is 2.30. The maximum absolute atomic E-state index is 2.30. The molecule has 0 amide bonds. The molecular weight excluding hydrogens is 216 g/mol. The Labute approximate surface area is 114 Å². The van der Waals surface area contributed by atoms with Crippen molar-refractivity contribution in [1.82, 2.24) is 0 Å². The van der Waals surface area contributed by atoms with Crippen LogP contribution in [0.15, 0.2) is 36.5 Å². The molecule has 0 heterocycles. The topological polar surface area (TPSA) is 0 Å².